The van der Waals surface area contributed by atoms with Gasteiger partial charge in [0.25, 0.3) is 0 Å². The highest BCUT2D eigenvalue weighted by atomic mass is 35.5. The van der Waals surface area contributed by atoms with Crippen molar-refractivity contribution in [3.8, 4) is 0 Å². The molecule has 0 unspecified atom stereocenters. The lowest BCUT2D eigenvalue weighted by Crippen LogP contribution is -2.29. The van der Waals surface area contributed by atoms with Gasteiger partial charge in [0.2, 0.25) is 10.0 Å². The van der Waals surface area contributed by atoms with Gasteiger partial charge in [-0.1, -0.05) is 12.1 Å². The van der Waals surface area contributed by atoms with Crippen LogP contribution in [0.15, 0.2) is 24.3 Å². The number of benzene rings is 1. The summed E-state index contributed by atoms with van der Waals surface area (Å²) >= 11 is 5.44. The van der Waals surface area contributed by atoms with Crippen LogP contribution in [0.4, 0.5) is 5.69 Å². The molecule has 6 heteroatoms. The number of rotatable bonds is 5. The van der Waals surface area contributed by atoms with Crippen molar-refractivity contribution in [3.63, 3.8) is 0 Å². The van der Waals surface area contributed by atoms with E-state index < -0.39 is 10.0 Å². The molecule has 1 aliphatic heterocycles. The van der Waals surface area contributed by atoms with Crippen LogP contribution in [-0.4, -0.2) is 38.1 Å². The van der Waals surface area contributed by atoms with E-state index in [0.29, 0.717) is 6.54 Å². The van der Waals surface area contributed by atoms with Crippen molar-refractivity contribution >= 4 is 27.3 Å². The average Bonchev–Trinajstić information content (AvgIpc) is 2.49. The van der Waals surface area contributed by atoms with Crippen molar-refractivity contribution in [2.24, 2.45) is 0 Å². The van der Waals surface area contributed by atoms with Crippen LogP contribution in [0.25, 0.3) is 0 Å². The van der Waals surface area contributed by atoms with Crippen LogP contribution in [0, 0.1) is 0 Å². The summed E-state index contributed by atoms with van der Waals surface area (Å²) in [5.41, 5.74) is 2.19. The quantitative estimate of drug-likeness (QED) is 0.784. The molecule has 0 spiro atoms. The first-order valence-corrected chi connectivity index (χ1v) is 9.01. The van der Waals surface area contributed by atoms with Crippen LogP contribution in [0.1, 0.15) is 24.8 Å². The molecular formula is C14H21ClN2O2S. The van der Waals surface area contributed by atoms with E-state index in [0.717, 1.165) is 18.7 Å². The van der Waals surface area contributed by atoms with Crippen molar-refractivity contribution < 1.29 is 8.42 Å². The number of sulfonamides is 1. The lowest BCUT2D eigenvalue weighted by molar-refractivity contribution is 0.471. The molecule has 2 rings (SSSR count). The number of piperidine rings is 1. The fourth-order valence-corrected chi connectivity index (χ4v) is 3.42. The van der Waals surface area contributed by atoms with E-state index in [4.69, 9.17) is 11.6 Å². The summed E-state index contributed by atoms with van der Waals surface area (Å²) in [5.74, 6) is 0. The van der Waals surface area contributed by atoms with Crippen molar-refractivity contribution in [2.75, 3.05) is 30.2 Å². The number of hydrogen-bond donors (Lipinski definition) is 0. The zero-order valence-electron chi connectivity index (χ0n) is 11.8. The third-order valence-corrected chi connectivity index (χ3v) is 5.86. The molecule has 1 aromatic carbocycles. The first-order chi connectivity index (χ1) is 9.53. The van der Waals surface area contributed by atoms with Gasteiger partial charge in [0.15, 0.2) is 0 Å². The lowest BCUT2D eigenvalue weighted by Gasteiger charge is -2.29. The summed E-state index contributed by atoms with van der Waals surface area (Å²) in [6, 6.07) is 8.12. The minimum atomic E-state index is -3.34. The second-order valence-electron chi connectivity index (χ2n) is 5.19. The Bertz CT molecular complexity index is 525. The topological polar surface area (TPSA) is 40.6 Å². The van der Waals surface area contributed by atoms with Gasteiger partial charge in [-0.3, -0.25) is 0 Å². The molecule has 1 fully saturated rings. The molecule has 0 radical (unpaired) electrons. The summed E-state index contributed by atoms with van der Waals surface area (Å²) < 4.78 is 24.5. The molecule has 0 bridgehead atoms. The van der Waals surface area contributed by atoms with E-state index in [-0.39, 0.29) is 5.21 Å². The Morgan fingerprint density at radius 1 is 1.15 bits per heavy atom. The number of hydrogen-bond acceptors (Lipinski definition) is 3. The Morgan fingerprint density at radius 3 is 2.30 bits per heavy atom. The molecule has 112 valence electrons. The maximum Gasteiger partial charge on any atom is 0.228 e. The smallest absolute Gasteiger partial charge is 0.228 e. The zero-order chi connectivity index (χ0) is 14.6. The van der Waals surface area contributed by atoms with Crippen LogP contribution in [-0.2, 0) is 16.6 Å². The van der Waals surface area contributed by atoms with Gasteiger partial charge in [0.1, 0.15) is 5.21 Å². The van der Waals surface area contributed by atoms with Gasteiger partial charge in [-0.25, -0.2) is 8.42 Å². The van der Waals surface area contributed by atoms with Gasteiger partial charge in [-0.15, -0.1) is 11.6 Å². The van der Waals surface area contributed by atoms with Gasteiger partial charge in [-0.05, 0) is 37.0 Å². The second kappa shape index (κ2) is 6.78. The first kappa shape index (κ1) is 15.6. The fourth-order valence-electron chi connectivity index (χ4n) is 2.40. The Kier molecular flexibility index (Phi) is 5.29. The molecule has 20 heavy (non-hydrogen) atoms. The molecule has 0 amide bonds. The molecule has 0 N–H and O–H groups in total. The molecule has 4 nitrogen and oxygen atoms in total. The Morgan fingerprint density at radius 2 is 1.75 bits per heavy atom. The van der Waals surface area contributed by atoms with Crippen molar-refractivity contribution in [1.29, 1.82) is 0 Å². The van der Waals surface area contributed by atoms with E-state index in [9.17, 15) is 8.42 Å². The van der Waals surface area contributed by atoms with Crippen LogP contribution in [0.3, 0.4) is 0 Å². The Labute approximate surface area is 126 Å². The van der Waals surface area contributed by atoms with Crippen LogP contribution < -0.4 is 4.90 Å². The lowest BCUT2D eigenvalue weighted by atomic mass is 10.1. The summed E-state index contributed by atoms with van der Waals surface area (Å²) in [7, 11) is -1.79. The maximum atomic E-state index is 11.6. The minimum absolute atomic E-state index is 0.356. The largest absolute Gasteiger partial charge is 0.372 e. The molecule has 0 atom stereocenters. The van der Waals surface area contributed by atoms with Crippen LogP contribution >= 0.6 is 11.6 Å². The van der Waals surface area contributed by atoms with Crippen molar-refractivity contribution in [1.82, 2.24) is 4.31 Å². The van der Waals surface area contributed by atoms with Gasteiger partial charge in [0.05, 0.1) is 0 Å². The van der Waals surface area contributed by atoms with Crippen molar-refractivity contribution in [2.45, 2.75) is 25.8 Å². The molecule has 0 aliphatic carbocycles. The van der Waals surface area contributed by atoms with Crippen molar-refractivity contribution in [3.05, 3.63) is 29.8 Å². The maximum absolute atomic E-state index is 11.6. The Hall–Kier alpha value is -0.780. The molecule has 1 aromatic rings. The third-order valence-electron chi connectivity index (χ3n) is 3.68. The highest BCUT2D eigenvalue weighted by molar-refractivity contribution is 7.90. The number of alkyl halides is 1. The van der Waals surface area contributed by atoms with Gasteiger partial charge in [-0.2, -0.15) is 4.31 Å². The summed E-state index contributed by atoms with van der Waals surface area (Å²) in [6.45, 7) is 2.58. The summed E-state index contributed by atoms with van der Waals surface area (Å²) in [5, 5.41) is -0.380. The monoisotopic (exact) mass is 316 g/mol. The minimum Gasteiger partial charge on any atom is -0.372 e. The highest BCUT2D eigenvalue weighted by Crippen LogP contribution is 2.21. The van der Waals surface area contributed by atoms with Crippen LogP contribution in [0.2, 0.25) is 0 Å². The zero-order valence-corrected chi connectivity index (χ0v) is 13.3. The normalized spacial score (nSPS) is 16.6. The third kappa shape index (κ3) is 3.87. The number of anilines is 1. The fraction of sp³-hybridized carbons (Fsp3) is 0.571. The van der Waals surface area contributed by atoms with E-state index >= 15 is 0 Å². The summed E-state index contributed by atoms with van der Waals surface area (Å²) in [4.78, 5) is 2.38. The van der Waals surface area contributed by atoms with E-state index in [1.165, 1.54) is 29.3 Å². The van der Waals surface area contributed by atoms with E-state index in [2.05, 4.69) is 17.0 Å². The van der Waals surface area contributed by atoms with Gasteiger partial charge >= 0.3 is 0 Å². The Balaban J connectivity index is 2.01. The van der Waals surface area contributed by atoms with E-state index in [1.807, 2.05) is 12.1 Å². The SMILES string of the molecule is CN(Cc1ccc(N2CCCCC2)cc1)S(=O)(=O)CCl. The molecule has 1 aliphatic rings. The highest BCUT2D eigenvalue weighted by Gasteiger charge is 2.16. The molecule has 0 saturated carbocycles. The standard InChI is InChI=1S/C14H21ClN2O2S/c1-16(20(18,19)12-15)11-13-5-7-14(8-6-13)17-9-3-2-4-10-17/h5-8H,2-4,9-12H2,1H3. The first-order valence-electron chi connectivity index (χ1n) is 6.87. The predicted octanol–water partition coefficient (Wildman–Crippen LogP) is 2.63. The number of halogens is 1. The molecule has 1 heterocycles. The molecule has 0 aromatic heterocycles. The number of nitrogens with zero attached hydrogens (tertiary/aromatic N) is 2. The predicted molar refractivity (Wildman–Crippen MR) is 83.6 cm³/mol. The second-order valence-corrected chi connectivity index (χ2v) is 7.85. The van der Waals surface area contributed by atoms with E-state index in [1.54, 1.807) is 7.05 Å². The molecular weight excluding hydrogens is 296 g/mol. The molecule has 1 saturated heterocycles. The summed E-state index contributed by atoms with van der Waals surface area (Å²) in [6.07, 6.45) is 3.81. The van der Waals surface area contributed by atoms with Gasteiger partial charge in [0, 0.05) is 32.4 Å². The van der Waals surface area contributed by atoms with Crippen LogP contribution in [0.5, 0.6) is 0 Å². The van der Waals surface area contributed by atoms with Gasteiger partial charge < -0.3 is 4.90 Å². The average molecular weight is 317 g/mol.